The molecule has 40 heavy (non-hydrogen) atoms. The average molecular weight is 525 g/mol. The van der Waals surface area contributed by atoms with Crippen molar-refractivity contribution in [1.82, 2.24) is 0 Å². The summed E-state index contributed by atoms with van der Waals surface area (Å²) in [7, 11) is 0. The van der Waals surface area contributed by atoms with E-state index in [1.165, 1.54) is 61.0 Å². The van der Waals surface area contributed by atoms with Crippen molar-refractivity contribution >= 4 is 33.6 Å². The summed E-state index contributed by atoms with van der Waals surface area (Å²) in [6, 6.07) is 33.3. The minimum atomic E-state index is -0.371. The van der Waals surface area contributed by atoms with Crippen molar-refractivity contribution in [2.75, 3.05) is 6.61 Å². The van der Waals surface area contributed by atoms with Gasteiger partial charge in [0.1, 0.15) is 0 Å². The van der Waals surface area contributed by atoms with E-state index in [1.54, 1.807) is 0 Å². The zero-order chi connectivity index (χ0) is 28.3. The van der Waals surface area contributed by atoms with Gasteiger partial charge in [-0.2, -0.15) is 0 Å². The third-order valence-electron chi connectivity index (χ3n) is 7.59. The van der Waals surface area contributed by atoms with E-state index in [4.69, 9.17) is 4.74 Å². The first-order chi connectivity index (χ1) is 19.3. The lowest BCUT2D eigenvalue weighted by atomic mass is 9.81. The van der Waals surface area contributed by atoms with Gasteiger partial charge in [0.15, 0.2) is 0 Å². The normalized spacial score (nSPS) is 11.5. The van der Waals surface area contributed by atoms with Crippen molar-refractivity contribution in [2.24, 2.45) is 0 Å². The number of carbonyl (C=O) groups is 1. The van der Waals surface area contributed by atoms with Crippen LogP contribution in [0.1, 0.15) is 43.9 Å². The van der Waals surface area contributed by atoms with E-state index in [9.17, 15) is 4.79 Å². The highest BCUT2D eigenvalue weighted by Gasteiger charge is 2.20. The van der Waals surface area contributed by atoms with E-state index in [1.807, 2.05) is 6.08 Å². The molecule has 0 amide bonds. The van der Waals surface area contributed by atoms with Crippen LogP contribution >= 0.6 is 0 Å². The molecular formula is C38H36O2. The monoisotopic (exact) mass is 524 g/mol. The first-order valence-electron chi connectivity index (χ1n) is 13.9. The first kappa shape index (κ1) is 27.1. The maximum atomic E-state index is 11.3. The van der Waals surface area contributed by atoms with Crippen molar-refractivity contribution in [2.45, 2.75) is 39.0 Å². The molecule has 0 heterocycles. The van der Waals surface area contributed by atoms with Crippen LogP contribution in [0.4, 0.5) is 0 Å². The number of benzene rings is 5. The molecular weight excluding hydrogens is 488 g/mol. The predicted molar refractivity (Wildman–Crippen MR) is 171 cm³/mol. The molecule has 0 radical (unpaired) electrons. The van der Waals surface area contributed by atoms with Gasteiger partial charge in [-0.3, -0.25) is 0 Å². The molecule has 0 aromatic heterocycles. The maximum absolute atomic E-state index is 11.3. The minimum Gasteiger partial charge on any atom is -0.463 e. The third kappa shape index (κ3) is 5.49. The lowest BCUT2D eigenvalue weighted by Crippen LogP contribution is -2.10. The molecule has 0 aliphatic carbocycles. The van der Waals surface area contributed by atoms with E-state index in [0.29, 0.717) is 6.61 Å². The summed E-state index contributed by atoms with van der Waals surface area (Å²) in [4.78, 5) is 11.3. The molecule has 2 nitrogen and oxygen atoms in total. The number of aryl methyl sites for hydroxylation is 1. The molecule has 0 N–H and O–H groups in total. The number of fused-ring (bicyclic) bond motifs is 2. The fourth-order valence-corrected chi connectivity index (χ4v) is 5.40. The Kier molecular flexibility index (Phi) is 7.71. The van der Waals surface area contributed by atoms with Gasteiger partial charge in [-0.25, -0.2) is 4.79 Å². The largest absolute Gasteiger partial charge is 0.463 e. The number of hydrogen-bond acceptors (Lipinski definition) is 2. The molecule has 0 saturated heterocycles. The minimum absolute atomic E-state index is 0.0296. The molecule has 0 spiro atoms. The van der Waals surface area contributed by atoms with Crippen molar-refractivity contribution in [1.29, 1.82) is 0 Å². The average Bonchev–Trinajstić information content (AvgIpc) is 2.97. The highest BCUT2D eigenvalue weighted by molar-refractivity contribution is 6.21. The fourth-order valence-electron chi connectivity index (χ4n) is 5.40. The maximum Gasteiger partial charge on any atom is 0.330 e. The van der Waals surface area contributed by atoms with Crippen LogP contribution in [-0.2, 0) is 21.4 Å². The SMILES string of the molecule is C=CC(=O)OCCCc1ccc(-c2c3ccccc3c(-c3ccc(C=C)cc3)c3ccc(C(C)(C)C)cc23)cc1. The second-order valence-corrected chi connectivity index (χ2v) is 11.3. The Morgan fingerprint density at radius 2 is 1.32 bits per heavy atom. The predicted octanol–water partition coefficient (Wildman–Crippen LogP) is 9.93. The fraction of sp³-hybridized carbons (Fsp3) is 0.184. The second-order valence-electron chi connectivity index (χ2n) is 11.3. The Morgan fingerprint density at radius 1 is 0.750 bits per heavy atom. The lowest BCUT2D eigenvalue weighted by molar-refractivity contribution is -0.137. The van der Waals surface area contributed by atoms with Crippen LogP contribution in [0.5, 0.6) is 0 Å². The molecule has 5 aromatic carbocycles. The van der Waals surface area contributed by atoms with E-state index in [0.717, 1.165) is 18.4 Å². The Balaban J connectivity index is 1.67. The Bertz CT molecular complexity index is 1700. The van der Waals surface area contributed by atoms with Gasteiger partial charge in [-0.05, 0) is 84.8 Å². The van der Waals surface area contributed by atoms with E-state index in [-0.39, 0.29) is 11.4 Å². The Labute approximate surface area is 237 Å². The molecule has 0 aliphatic heterocycles. The van der Waals surface area contributed by atoms with Gasteiger partial charge in [0.05, 0.1) is 6.61 Å². The van der Waals surface area contributed by atoms with Crippen molar-refractivity contribution in [3.8, 4) is 22.3 Å². The van der Waals surface area contributed by atoms with Crippen molar-refractivity contribution < 1.29 is 9.53 Å². The van der Waals surface area contributed by atoms with Crippen LogP contribution in [0.25, 0.3) is 49.9 Å². The molecule has 0 bridgehead atoms. The summed E-state index contributed by atoms with van der Waals surface area (Å²) < 4.78 is 5.14. The number of hydrogen-bond donors (Lipinski definition) is 0. The number of carbonyl (C=O) groups excluding carboxylic acids is 1. The van der Waals surface area contributed by atoms with Crippen molar-refractivity contribution in [3.05, 3.63) is 127 Å². The summed E-state index contributed by atoms with van der Waals surface area (Å²) in [5.74, 6) is -0.371. The molecule has 0 aliphatic rings. The van der Waals surface area contributed by atoms with Crippen molar-refractivity contribution in [3.63, 3.8) is 0 Å². The molecule has 5 rings (SSSR count). The lowest BCUT2D eigenvalue weighted by Gasteiger charge is -2.23. The van der Waals surface area contributed by atoms with Gasteiger partial charge in [0.25, 0.3) is 0 Å². The number of rotatable bonds is 8. The first-order valence-corrected chi connectivity index (χ1v) is 13.9. The van der Waals surface area contributed by atoms with E-state index >= 15 is 0 Å². The molecule has 200 valence electrons. The highest BCUT2D eigenvalue weighted by Crippen LogP contribution is 2.44. The number of ether oxygens (including phenoxy) is 1. The Morgan fingerprint density at radius 3 is 1.90 bits per heavy atom. The van der Waals surface area contributed by atoms with Crippen LogP contribution in [0.3, 0.4) is 0 Å². The van der Waals surface area contributed by atoms with Crippen LogP contribution < -0.4 is 0 Å². The van der Waals surface area contributed by atoms with Gasteiger partial charge < -0.3 is 4.74 Å². The molecule has 0 saturated carbocycles. The summed E-state index contributed by atoms with van der Waals surface area (Å²) >= 11 is 0. The molecule has 2 heteroatoms. The van der Waals surface area contributed by atoms with Gasteiger partial charge in [0.2, 0.25) is 0 Å². The van der Waals surface area contributed by atoms with E-state index < -0.39 is 0 Å². The molecule has 0 unspecified atom stereocenters. The van der Waals surface area contributed by atoms with Crippen LogP contribution in [0.2, 0.25) is 0 Å². The molecule has 0 atom stereocenters. The van der Waals surface area contributed by atoms with E-state index in [2.05, 4.69) is 125 Å². The summed E-state index contributed by atoms with van der Waals surface area (Å²) in [6.07, 6.45) is 4.71. The summed E-state index contributed by atoms with van der Waals surface area (Å²) in [5.41, 5.74) is 8.60. The molecule has 0 fully saturated rings. The number of esters is 1. The van der Waals surface area contributed by atoms with Crippen LogP contribution in [0.15, 0.2) is 110 Å². The van der Waals surface area contributed by atoms with Gasteiger partial charge >= 0.3 is 5.97 Å². The van der Waals surface area contributed by atoms with Gasteiger partial charge in [-0.1, -0.05) is 125 Å². The highest BCUT2D eigenvalue weighted by atomic mass is 16.5. The zero-order valence-electron chi connectivity index (χ0n) is 23.7. The van der Waals surface area contributed by atoms with Gasteiger partial charge in [0, 0.05) is 6.08 Å². The van der Waals surface area contributed by atoms with Crippen LogP contribution in [0, 0.1) is 0 Å². The second kappa shape index (κ2) is 11.4. The zero-order valence-corrected chi connectivity index (χ0v) is 23.7. The summed E-state index contributed by atoms with van der Waals surface area (Å²) in [5, 5.41) is 5.00. The topological polar surface area (TPSA) is 26.3 Å². The standard InChI is InChI=1S/C38H36O2/c1-6-26-14-18-28(19-15-26)36-31-12-8-9-13-32(31)37(34-25-30(38(3,4)5)22-23-33(34)36)29-20-16-27(17-21-29)11-10-24-40-35(39)7-2/h6-9,12-23,25H,1-2,10-11,24H2,3-5H3. The quantitative estimate of drug-likeness (QED) is 0.0874. The summed E-state index contributed by atoms with van der Waals surface area (Å²) in [6.45, 7) is 14.6. The Hall–Kier alpha value is -4.43. The van der Waals surface area contributed by atoms with Crippen LogP contribution in [-0.4, -0.2) is 12.6 Å². The van der Waals surface area contributed by atoms with Gasteiger partial charge in [-0.15, -0.1) is 0 Å². The third-order valence-corrected chi connectivity index (χ3v) is 7.59. The molecule has 5 aromatic rings. The smallest absolute Gasteiger partial charge is 0.330 e.